The molecule has 29 heavy (non-hydrogen) atoms. The molecule has 160 valence electrons. The van der Waals surface area contributed by atoms with Crippen LogP contribution in [0.2, 0.25) is 0 Å². The maximum absolute atomic E-state index is 9.86. The van der Waals surface area contributed by atoms with E-state index in [0.29, 0.717) is 5.92 Å². The Labute approximate surface area is 174 Å². The second-order valence-corrected chi connectivity index (χ2v) is 8.55. The largest absolute Gasteiger partial charge is 0.504 e. The zero-order valence-electron chi connectivity index (χ0n) is 18.5. The van der Waals surface area contributed by atoms with Crippen LogP contribution in [0.4, 0.5) is 0 Å². The van der Waals surface area contributed by atoms with Gasteiger partial charge in [0.2, 0.25) is 0 Å². The molecule has 0 aliphatic rings. The van der Waals surface area contributed by atoms with E-state index in [1.807, 2.05) is 18.2 Å². The molecule has 2 aromatic rings. The highest BCUT2D eigenvalue weighted by molar-refractivity contribution is 5.43. The summed E-state index contributed by atoms with van der Waals surface area (Å²) in [6.07, 6.45) is 1.89. The fraction of sp³-hybridized carbons (Fsp3) is 0.500. The van der Waals surface area contributed by atoms with Gasteiger partial charge in [0.1, 0.15) is 0 Å². The van der Waals surface area contributed by atoms with Crippen molar-refractivity contribution in [2.45, 2.75) is 52.0 Å². The molecule has 0 amide bonds. The van der Waals surface area contributed by atoms with Gasteiger partial charge in [0.05, 0.1) is 14.2 Å². The zero-order chi connectivity index (χ0) is 21.6. The molecule has 2 aromatic carbocycles. The molecule has 0 aliphatic heterocycles. The van der Waals surface area contributed by atoms with E-state index >= 15 is 0 Å². The summed E-state index contributed by atoms with van der Waals surface area (Å²) >= 11 is 0. The van der Waals surface area contributed by atoms with Crippen molar-refractivity contribution in [3.05, 3.63) is 47.5 Å². The molecule has 0 radical (unpaired) electrons. The summed E-state index contributed by atoms with van der Waals surface area (Å²) in [5.74, 6) is 1.98. The van der Waals surface area contributed by atoms with Crippen LogP contribution in [-0.2, 0) is 6.42 Å². The number of ether oxygens (including phenoxy) is 2. The lowest BCUT2D eigenvalue weighted by atomic mass is 9.86. The average molecular weight is 402 g/mol. The van der Waals surface area contributed by atoms with Crippen LogP contribution in [0.1, 0.15) is 51.2 Å². The Kier molecular flexibility index (Phi) is 7.80. The minimum absolute atomic E-state index is 0.0563. The van der Waals surface area contributed by atoms with Gasteiger partial charge in [0.15, 0.2) is 23.0 Å². The maximum Gasteiger partial charge on any atom is 0.160 e. The Balaban J connectivity index is 2.01. The molecule has 0 spiro atoms. The number of nitrogens with one attached hydrogen (secondary N) is 1. The minimum atomic E-state index is -0.0838. The lowest BCUT2D eigenvalue weighted by Gasteiger charge is -2.31. The standard InChI is InChI=1S/C24H35NO4/c1-16(2)19(18-8-9-20(26)21(27)14-18)15-25-24(3,4)12-11-17-7-10-22(28-5)23(13-17)29-6/h7-10,13-14,16,19,25-27H,11-12,15H2,1-6H3. The summed E-state index contributed by atoms with van der Waals surface area (Å²) in [5, 5.41) is 23.1. The van der Waals surface area contributed by atoms with Crippen LogP contribution in [0.15, 0.2) is 36.4 Å². The summed E-state index contributed by atoms with van der Waals surface area (Å²) < 4.78 is 10.7. The molecular weight excluding hydrogens is 366 g/mol. The highest BCUT2D eigenvalue weighted by atomic mass is 16.5. The van der Waals surface area contributed by atoms with Gasteiger partial charge in [0, 0.05) is 12.1 Å². The number of aromatic hydroxyl groups is 2. The first-order chi connectivity index (χ1) is 13.7. The summed E-state index contributed by atoms with van der Waals surface area (Å²) in [6, 6.07) is 11.2. The number of rotatable bonds is 10. The topological polar surface area (TPSA) is 71.0 Å². The molecule has 0 aliphatic carbocycles. The van der Waals surface area contributed by atoms with E-state index in [4.69, 9.17) is 9.47 Å². The third-order valence-corrected chi connectivity index (χ3v) is 5.52. The highest BCUT2D eigenvalue weighted by Crippen LogP contribution is 2.32. The van der Waals surface area contributed by atoms with Gasteiger partial charge in [0.25, 0.3) is 0 Å². The third kappa shape index (κ3) is 6.29. The second-order valence-electron chi connectivity index (χ2n) is 8.55. The fourth-order valence-corrected chi connectivity index (χ4v) is 3.48. The number of benzene rings is 2. The van der Waals surface area contributed by atoms with Crippen molar-refractivity contribution >= 4 is 0 Å². The molecule has 5 nitrogen and oxygen atoms in total. The van der Waals surface area contributed by atoms with Crippen LogP contribution in [0, 0.1) is 5.92 Å². The SMILES string of the molecule is COc1ccc(CCC(C)(C)NCC(c2ccc(O)c(O)c2)C(C)C)cc1OC. The number of phenolic OH excluding ortho intramolecular Hbond substituents is 2. The zero-order valence-corrected chi connectivity index (χ0v) is 18.5. The molecule has 3 N–H and O–H groups in total. The van der Waals surface area contributed by atoms with Crippen LogP contribution in [-0.4, -0.2) is 36.5 Å². The first kappa shape index (κ1) is 22.9. The second kappa shape index (κ2) is 9.88. The molecule has 5 heteroatoms. The lowest BCUT2D eigenvalue weighted by Crippen LogP contribution is -2.42. The minimum Gasteiger partial charge on any atom is -0.504 e. The van der Waals surface area contributed by atoms with E-state index in [1.54, 1.807) is 26.4 Å². The quantitative estimate of drug-likeness (QED) is 0.496. The van der Waals surface area contributed by atoms with Crippen molar-refractivity contribution in [1.82, 2.24) is 5.32 Å². The maximum atomic E-state index is 9.86. The first-order valence-corrected chi connectivity index (χ1v) is 10.1. The molecule has 0 saturated carbocycles. The van der Waals surface area contributed by atoms with Gasteiger partial charge in [-0.2, -0.15) is 0 Å². The van der Waals surface area contributed by atoms with Gasteiger partial charge >= 0.3 is 0 Å². The smallest absolute Gasteiger partial charge is 0.160 e. The van der Waals surface area contributed by atoms with Gasteiger partial charge in [-0.25, -0.2) is 0 Å². The molecule has 0 fully saturated rings. The highest BCUT2D eigenvalue weighted by Gasteiger charge is 2.23. The molecular formula is C24H35NO4. The van der Waals surface area contributed by atoms with E-state index in [0.717, 1.165) is 36.4 Å². The van der Waals surface area contributed by atoms with Gasteiger partial charge in [-0.1, -0.05) is 26.0 Å². The van der Waals surface area contributed by atoms with Gasteiger partial charge < -0.3 is 25.0 Å². The first-order valence-electron chi connectivity index (χ1n) is 10.1. The van der Waals surface area contributed by atoms with Crippen molar-refractivity contribution in [2.75, 3.05) is 20.8 Å². The molecule has 0 heterocycles. The Bertz CT molecular complexity index is 801. The van der Waals surface area contributed by atoms with Crippen molar-refractivity contribution in [1.29, 1.82) is 0 Å². The summed E-state index contributed by atoms with van der Waals surface area (Å²) in [5.41, 5.74) is 2.18. The van der Waals surface area contributed by atoms with Gasteiger partial charge in [-0.15, -0.1) is 0 Å². The summed E-state index contributed by atoms with van der Waals surface area (Å²) in [4.78, 5) is 0. The Morgan fingerprint density at radius 2 is 1.62 bits per heavy atom. The molecule has 1 atom stereocenters. The number of hydrogen-bond acceptors (Lipinski definition) is 5. The van der Waals surface area contributed by atoms with E-state index in [-0.39, 0.29) is 23.0 Å². The normalized spacial score (nSPS) is 12.8. The lowest BCUT2D eigenvalue weighted by molar-refractivity contribution is 0.329. The summed E-state index contributed by atoms with van der Waals surface area (Å²) in [7, 11) is 3.30. The molecule has 2 rings (SSSR count). The van der Waals surface area contributed by atoms with E-state index in [9.17, 15) is 10.2 Å². The van der Waals surface area contributed by atoms with Crippen molar-refractivity contribution < 1.29 is 19.7 Å². The number of methoxy groups -OCH3 is 2. The average Bonchev–Trinajstić information content (AvgIpc) is 2.68. The Hall–Kier alpha value is -2.40. The molecule has 0 bridgehead atoms. The summed E-state index contributed by atoms with van der Waals surface area (Å²) in [6.45, 7) is 9.56. The van der Waals surface area contributed by atoms with Crippen molar-refractivity contribution in [3.63, 3.8) is 0 Å². The molecule has 0 saturated heterocycles. The van der Waals surface area contributed by atoms with E-state index in [1.165, 1.54) is 5.56 Å². The number of aryl methyl sites for hydroxylation is 1. The van der Waals surface area contributed by atoms with Crippen LogP contribution >= 0.6 is 0 Å². The van der Waals surface area contributed by atoms with E-state index < -0.39 is 0 Å². The van der Waals surface area contributed by atoms with Crippen molar-refractivity contribution in [3.8, 4) is 23.0 Å². The predicted octanol–water partition coefficient (Wildman–Crippen LogP) is 4.86. The molecule has 0 aromatic heterocycles. The van der Waals surface area contributed by atoms with Crippen LogP contribution in [0.25, 0.3) is 0 Å². The van der Waals surface area contributed by atoms with Crippen LogP contribution < -0.4 is 14.8 Å². The van der Waals surface area contributed by atoms with E-state index in [2.05, 4.69) is 39.1 Å². The van der Waals surface area contributed by atoms with Crippen LogP contribution in [0.5, 0.6) is 23.0 Å². The monoisotopic (exact) mass is 401 g/mol. The number of phenols is 2. The van der Waals surface area contributed by atoms with Crippen LogP contribution in [0.3, 0.4) is 0 Å². The Morgan fingerprint density at radius 1 is 0.931 bits per heavy atom. The fourth-order valence-electron chi connectivity index (χ4n) is 3.48. The van der Waals surface area contributed by atoms with Gasteiger partial charge in [-0.05, 0) is 73.9 Å². The molecule has 1 unspecified atom stereocenters. The predicted molar refractivity (Wildman–Crippen MR) is 117 cm³/mol. The van der Waals surface area contributed by atoms with Crippen molar-refractivity contribution in [2.24, 2.45) is 5.92 Å². The van der Waals surface area contributed by atoms with Gasteiger partial charge in [-0.3, -0.25) is 0 Å². The Morgan fingerprint density at radius 3 is 2.21 bits per heavy atom. The third-order valence-electron chi connectivity index (χ3n) is 5.52. The number of hydrogen-bond donors (Lipinski definition) is 3.